The maximum atomic E-state index is 12.9. The second kappa shape index (κ2) is 4.28. The fraction of sp³-hybridized carbons (Fsp3) is 0.308. The molecule has 1 aromatic carbocycles. The molecule has 96 valence electrons. The van der Waals surface area contributed by atoms with Gasteiger partial charge in [0.1, 0.15) is 5.82 Å². The summed E-state index contributed by atoms with van der Waals surface area (Å²) in [7, 11) is 0. The van der Waals surface area contributed by atoms with Crippen LogP contribution < -0.4 is 5.76 Å². The number of hydrogen-bond acceptors (Lipinski definition) is 2. The van der Waals surface area contributed by atoms with Crippen molar-refractivity contribution >= 4 is 11.6 Å². The van der Waals surface area contributed by atoms with E-state index in [2.05, 4.69) is 0 Å². The van der Waals surface area contributed by atoms with E-state index in [0.717, 1.165) is 0 Å². The van der Waals surface area contributed by atoms with Gasteiger partial charge in [0.25, 0.3) is 0 Å². The van der Waals surface area contributed by atoms with Crippen molar-refractivity contribution in [3.05, 3.63) is 51.5 Å². The molecule has 18 heavy (non-hydrogen) atoms. The van der Waals surface area contributed by atoms with Crippen LogP contribution in [-0.4, -0.2) is 4.57 Å². The number of nitrogens with zero attached hydrogens (tertiary/aromatic N) is 1. The van der Waals surface area contributed by atoms with Gasteiger partial charge in [0, 0.05) is 5.41 Å². The standard InChI is InChI=1S/C13H13ClFNO2/c1-13(2,3)10-11(14)16(12(17)18-10)9-6-4-8(15)5-7-9/h4-7H,1-3H3. The molecule has 3 nitrogen and oxygen atoms in total. The fourth-order valence-corrected chi connectivity index (χ4v) is 2.12. The molecule has 0 bridgehead atoms. The minimum absolute atomic E-state index is 0.221. The number of hydrogen-bond donors (Lipinski definition) is 0. The van der Waals surface area contributed by atoms with E-state index >= 15 is 0 Å². The summed E-state index contributed by atoms with van der Waals surface area (Å²) >= 11 is 6.16. The molecule has 0 atom stereocenters. The average Bonchev–Trinajstić information content (AvgIpc) is 2.56. The molecule has 0 spiro atoms. The quantitative estimate of drug-likeness (QED) is 0.794. The van der Waals surface area contributed by atoms with E-state index in [1.165, 1.54) is 28.8 Å². The van der Waals surface area contributed by atoms with Crippen LogP contribution in [0.3, 0.4) is 0 Å². The summed E-state index contributed by atoms with van der Waals surface area (Å²) in [6.45, 7) is 5.68. The SMILES string of the molecule is CC(C)(C)c1oc(=O)n(-c2ccc(F)cc2)c1Cl. The lowest BCUT2D eigenvalue weighted by Gasteiger charge is -2.14. The largest absolute Gasteiger partial charge is 0.425 e. The van der Waals surface area contributed by atoms with Crippen molar-refractivity contribution < 1.29 is 8.81 Å². The monoisotopic (exact) mass is 269 g/mol. The van der Waals surface area contributed by atoms with Gasteiger partial charge in [0.2, 0.25) is 0 Å². The number of aromatic nitrogens is 1. The highest BCUT2D eigenvalue weighted by molar-refractivity contribution is 6.30. The van der Waals surface area contributed by atoms with E-state index in [-0.39, 0.29) is 16.4 Å². The summed E-state index contributed by atoms with van der Waals surface area (Å²) in [6, 6.07) is 5.48. The summed E-state index contributed by atoms with van der Waals surface area (Å²) < 4.78 is 19.3. The van der Waals surface area contributed by atoms with Crippen molar-refractivity contribution in [3.63, 3.8) is 0 Å². The van der Waals surface area contributed by atoms with Gasteiger partial charge in [0.15, 0.2) is 10.9 Å². The Morgan fingerprint density at radius 1 is 1.22 bits per heavy atom. The number of benzene rings is 1. The topological polar surface area (TPSA) is 35.1 Å². The van der Waals surface area contributed by atoms with Crippen LogP contribution in [0.1, 0.15) is 26.5 Å². The van der Waals surface area contributed by atoms with Crippen molar-refractivity contribution in [1.29, 1.82) is 0 Å². The van der Waals surface area contributed by atoms with Gasteiger partial charge in [-0.3, -0.25) is 0 Å². The summed E-state index contributed by atoms with van der Waals surface area (Å²) in [5, 5.41) is 0.221. The van der Waals surface area contributed by atoms with Crippen LogP contribution in [-0.2, 0) is 5.41 Å². The van der Waals surface area contributed by atoms with Crippen molar-refractivity contribution in [2.45, 2.75) is 26.2 Å². The summed E-state index contributed by atoms with van der Waals surface area (Å²) in [6.07, 6.45) is 0. The normalized spacial score (nSPS) is 11.8. The third-order valence-electron chi connectivity index (χ3n) is 2.52. The Hall–Kier alpha value is -1.55. The Morgan fingerprint density at radius 3 is 2.22 bits per heavy atom. The zero-order valence-electron chi connectivity index (χ0n) is 10.3. The lowest BCUT2D eigenvalue weighted by Crippen LogP contribution is -2.12. The van der Waals surface area contributed by atoms with Crippen molar-refractivity contribution in [2.75, 3.05) is 0 Å². The zero-order chi connectivity index (χ0) is 13.5. The molecule has 0 N–H and O–H groups in total. The first kappa shape index (κ1) is 12.9. The minimum Gasteiger partial charge on any atom is -0.410 e. The molecular weight excluding hydrogens is 257 g/mol. The average molecular weight is 270 g/mol. The molecule has 1 heterocycles. The van der Waals surface area contributed by atoms with E-state index in [1.54, 1.807) is 0 Å². The molecule has 2 rings (SSSR count). The first-order chi connectivity index (χ1) is 8.30. The molecule has 1 aromatic heterocycles. The molecular formula is C13H13ClFNO2. The molecule has 2 aromatic rings. The highest BCUT2D eigenvalue weighted by Crippen LogP contribution is 2.30. The lowest BCUT2D eigenvalue weighted by molar-refractivity contribution is 0.385. The van der Waals surface area contributed by atoms with Crippen LogP contribution >= 0.6 is 11.6 Å². The summed E-state index contributed by atoms with van der Waals surface area (Å²) in [5.74, 6) is -0.530. The van der Waals surface area contributed by atoms with Crippen LogP contribution in [0.2, 0.25) is 5.15 Å². The second-order valence-corrected chi connectivity index (χ2v) is 5.41. The smallest absolute Gasteiger partial charge is 0.410 e. The van der Waals surface area contributed by atoms with Gasteiger partial charge in [0.05, 0.1) is 5.69 Å². The summed E-state index contributed by atoms with van der Waals surface area (Å²) in [5.41, 5.74) is 0.104. The van der Waals surface area contributed by atoms with Crippen molar-refractivity contribution in [1.82, 2.24) is 4.57 Å². The van der Waals surface area contributed by atoms with Gasteiger partial charge in [-0.1, -0.05) is 32.4 Å². The number of oxazole rings is 1. The molecule has 5 heteroatoms. The Bertz CT molecular complexity index is 620. The molecule has 0 saturated heterocycles. The molecule has 0 fully saturated rings. The molecule has 0 unspecified atom stereocenters. The van der Waals surface area contributed by atoms with Crippen LogP contribution in [0.15, 0.2) is 33.5 Å². The highest BCUT2D eigenvalue weighted by Gasteiger charge is 2.26. The fourth-order valence-electron chi connectivity index (χ4n) is 1.63. The van der Waals surface area contributed by atoms with Gasteiger partial charge < -0.3 is 4.42 Å². The van der Waals surface area contributed by atoms with Gasteiger partial charge >= 0.3 is 5.76 Å². The van der Waals surface area contributed by atoms with Crippen LogP contribution in [0.25, 0.3) is 5.69 Å². The maximum absolute atomic E-state index is 12.9. The van der Waals surface area contributed by atoms with Crippen LogP contribution in [0.4, 0.5) is 4.39 Å². The molecule has 0 aliphatic carbocycles. The Balaban J connectivity index is 2.63. The summed E-state index contributed by atoms with van der Waals surface area (Å²) in [4.78, 5) is 11.8. The van der Waals surface area contributed by atoms with E-state index in [0.29, 0.717) is 11.4 Å². The van der Waals surface area contributed by atoms with Crippen LogP contribution in [0, 0.1) is 5.82 Å². The Kier molecular flexibility index (Phi) is 3.07. The van der Waals surface area contributed by atoms with Crippen LogP contribution in [0.5, 0.6) is 0 Å². The maximum Gasteiger partial charge on any atom is 0.425 e. The molecule has 0 saturated carbocycles. The van der Waals surface area contributed by atoms with E-state index in [1.807, 2.05) is 20.8 Å². The Morgan fingerprint density at radius 2 is 1.78 bits per heavy atom. The van der Waals surface area contributed by atoms with E-state index in [4.69, 9.17) is 16.0 Å². The van der Waals surface area contributed by atoms with Gasteiger partial charge in [-0.2, -0.15) is 0 Å². The Labute approximate surface area is 109 Å². The molecule has 0 aliphatic rings. The molecule has 0 radical (unpaired) electrons. The van der Waals surface area contributed by atoms with Gasteiger partial charge in [-0.25, -0.2) is 13.8 Å². The third kappa shape index (κ3) is 2.20. The molecule has 0 aliphatic heterocycles. The zero-order valence-corrected chi connectivity index (χ0v) is 11.1. The van der Waals surface area contributed by atoms with Gasteiger partial charge in [-0.15, -0.1) is 0 Å². The lowest BCUT2D eigenvalue weighted by atomic mass is 9.94. The minimum atomic E-state index is -0.573. The predicted molar refractivity (Wildman–Crippen MR) is 68.0 cm³/mol. The first-order valence-corrected chi connectivity index (χ1v) is 5.86. The van der Waals surface area contributed by atoms with E-state index < -0.39 is 5.76 Å². The predicted octanol–water partition coefficient (Wildman–Crippen LogP) is 3.52. The number of rotatable bonds is 1. The van der Waals surface area contributed by atoms with Crippen molar-refractivity contribution in [2.24, 2.45) is 0 Å². The van der Waals surface area contributed by atoms with Gasteiger partial charge in [-0.05, 0) is 24.3 Å². The molecule has 0 amide bonds. The number of halogens is 2. The first-order valence-electron chi connectivity index (χ1n) is 5.48. The third-order valence-corrected chi connectivity index (χ3v) is 2.86. The highest BCUT2D eigenvalue weighted by atomic mass is 35.5. The van der Waals surface area contributed by atoms with Crippen molar-refractivity contribution in [3.8, 4) is 5.69 Å². The second-order valence-electron chi connectivity index (χ2n) is 5.05. The van der Waals surface area contributed by atoms with E-state index in [9.17, 15) is 9.18 Å².